The first kappa shape index (κ1) is 19.3. The van der Waals surface area contributed by atoms with Crippen molar-refractivity contribution in [1.29, 1.82) is 0 Å². The Balaban J connectivity index is 1.99. The average Bonchev–Trinajstić information content (AvgIpc) is 3.01. The van der Waals surface area contributed by atoms with E-state index >= 15 is 0 Å². The zero-order valence-electron chi connectivity index (χ0n) is 14.1. The normalized spacial score (nSPS) is 10.5. The molecule has 0 aliphatic heterocycles. The number of nitrogens with zero attached hydrogens (tertiary/aromatic N) is 3. The van der Waals surface area contributed by atoms with Crippen LogP contribution in [0.1, 0.15) is 13.8 Å². The van der Waals surface area contributed by atoms with Gasteiger partial charge in [0.25, 0.3) is 0 Å². The molecule has 2 aromatic rings. The van der Waals surface area contributed by atoms with Crippen molar-refractivity contribution in [1.82, 2.24) is 25.4 Å². The van der Waals surface area contributed by atoms with Crippen molar-refractivity contribution < 1.29 is 9.59 Å². The molecule has 0 aliphatic carbocycles. The first-order chi connectivity index (χ1) is 12.0. The van der Waals surface area contributed by atoms with Crippen LogP contribution in [-0.4, -0.2) is 45.4 Å². The SMILES string of the molecule is CCNC(=O)CNC(=O)CSc1nnc(-c2cccc(Cl)c2)n1CC. The molecule has 134 valence electrons. The first-order valence-corrected chi connectivity index (χ1v) is 9.26. The van der Waals surface area contributed by atoms with E-state index in [1.807, 2.05) is 36.6 Å². The summed E-state index contributed by atoms with van der Waals surface area (Å²) in [6.07, 6.45) is 0. The highest BCUT2D eigenvalue weighted by Gasteiger charge is 2.15. The summed E-state index contributed by atoms with van der Waals surface area (Å²) in [7, 11) is 0. The van der Waals surface area contributed by atoms with Crippen LogP contribution in [0.5, 0.6) is 0 Å². The fourth-order valence-corrected chi connectivity index (χ4v) is 3.16. The summed E-state index contributed by atoms with van der Waals surface area (Å²) in [4.78, 5) is 23.2. The van der Waals surface area contributed by atoms with Crippen LogP contribution in [0.25, 0.3) is 11.4 Å². The van der Waals surface area contributed by atoms with Crippen LogP contribution in [0.2, 0.25) is 5.02 Å². The number of aromatic nitrogens is 3. The van der Waals surface area contributed by atoms with Crippen molar-refractivity contribution in [2.75, 3.05) is 18.8 Å². The van der Waals surface area contributed by atoms with Gasteiger partial charge in [-0.3, -0.25) is 9.59 Å². The molecule has 0 unspecified atom stereocenters. The van der Waals surface area contributed by atoms with E-state index in [0.717, 1.165) is 5.56 Å². The van der Waals surface area contributed by atoms with Gasteiger partial charge in [-0.05, 0) is 26.0 Å². The van der Waals surface area contributed by atoms with Crippen molar-refractivity contribution in [2.24, 2.45) is 0 Å². The number of halogens is 1. The lowest BCUT2D eigenvalue weighted by molar-refractivity contribution is -0.124. The predicted octanol–water partition coefficient (Wildman–Crippen LogP) is 1.96. The van der Waals surface area contributed by atoms with Gasteiger partial charge >= 0.3 is 0 Å². The molecule has 2 N–H and O–H groups in total. The minimum absolute atomic E-state index is 0.0263. The topological polar surface area (TPSA) is 88.9 Å². The highest BCUT2D eigenvalue weighted by Crippen LogP contribution is 2.25. The Bertz CT molecular complexity index is 750. The number of carbonyl (C=O) groups excluding carboxylic acids is 2. The third kappa shape index (κ3) is 5.47. The molecule has 2 rings (SSSR count). The fourth-order valence-electron chi connectivity index (χ4n) is 2.14. The molecule has 7 nitrogen and oxygen atoms in total. The van der Waals surface area contributed by atoms with Crippen LogP contribution in [0.15, 0.2) is 29.4 Å². The van der Waals surface area contributed by atoms with Crippen molar-refractivity contribution in [2.45, 2.75) is 25.5 Å². The van der Waals surface area contributed by atoms with Gasteiger partial charge < -0.3 is 15.2 Å². The Labute approximate surface area is 155 Å². The van der Waals surface area contributed by atoms with Gasteiger partial charge in [0.05, 0.1) is 12.3 Å². The smallest absolute Gasteiger partial charge is 0.239 e. The Morgan fingerprint density at radius 1 is 1.20 bits per heavy atom. The third-order valence-corrected chi connectivity index (χ3v) is 4.47. The van der Waals surface area contributed by atoms with Gasteiger partial charge in [-0.25, -0.2) is 0 Å². The molecule has 0 spiro atoms. The molecule has 1 aromatic carbocycles. The number of hydrogen-bond acceptors (Lipinski definition) is 5. The summed E-state index contributed by atoms with van der Waals surface area (Å²) >= 11 is 7.31. The van der Waals surface area contributed by atoms with E-state index in [1.165, 1.54) is 11.8 Å². The largest absolute Gasteiger partial charge is 0.355 e. The van der Waals surface area contributed by atoms with Crippen LogP contribution in [0, 0.1) is 0 Å². The quantitative estimate of drug-likeness (QED) is 0.682. The Morgan fingerprint density at radius 2 is 2.00 bits per heavy atom. The maximum atomic E-state index is 11.9. The molecule has 0 aliphatic rings. The van der Waals surface area contributed by atoms with Gasteiger partial charge in [0.15, 0.2) is 11.0 Å². The standard InChI is InChI=1S/C16H20ClN5O2S/c1-3-18-13(23)9-19-14(24)10-25-16-21-20-15(22(16)4-2)11-6-5-7-12(17)8-11/h5-8H,3-4,9-10H2,1-2H3,(H,18,23)(H,19,24). The Hall–Kier alpha value is -2.06. The molecule has 2 amide bonds. The van der Waals surface area contributed by atoms with Crippen molar-refractivity contribution in [3.05, 3.63) is 29.3 Å². The van der Waals surface area contributed by atoms with Crippen LogP contribution < -0.4 is 10.6 Å². The van der Waals surface area contributed by atoms with E-state index in [0.29, 0.717) is 29.1 Å². The van der Waals surface area contributed by atoms with E-state index in [1.54, 1.807) is 6.07 Å². The predicted molar refractivity (Wildman–Crippen MR) is 98.6 cm³/mol. The van der Waals surface area contributed by atoms with E-state index in [9.17, 15) is 9.59 Å². The molecule has 1 aromatic heterocycles. The molecular weight excluding hydrogens is 362 g/mol. The molecule has 0 atom stereocenters. The average molecular weight is 382 g/mol. The zero-order valence-corrected chi connectivity index (χ0v) is 15.7. The van der Waals surface area contributed by atoms with Crippen molar-refractivity contribution in [3.8, 4) is 11.4 Å². The summed E-state index contributed by atoms with van der Waals surface area (Å²) in [6, 6.07) is 7.39. The lowest BCUT2D eigenvalue weighted by Crippen LogP contribution is -2.37. The monoisotopic (exact) mass is 381 g/mol. The number of thioether (sulfide) groups is 1. The highest BCUT2D eigenvalue weighted by molar-refractivity contribution is 7.99. The van der Waals surface area contributed by atoms with E-state index in [4.69, 9.17) is 11.6 Å². The minimum atomic E-state index is -0.230. The summed E-state index contributed by atoms with van der Waals surface area (Å²) in [6.45, 7) is 4.98. The second-order valence-corrected chi connectivity index (χ2v) is 6.46. The number of rotatable bonds is 8. The van der Waals surface area contributed by atoms with Gasteiger partial charge in [0.1, 0.15) is 0 Å². The number of carbonyl (C=O) groups is 2. The van der Waals surface area contributed by atoms with E-state index in [-0.39, 0.29) is 24.1 Å². The maximum Gasteiger partial charge on any atom is 0.239 e. The lowest BCUT2D eigenvalue weighted by Gasteiger charge is -2.08. The Kier molecular flexibility index (Phi) is 7.27. The summed E-state index contributed by atoms with van der Waals surface area (Å²) < 4.78 is 1.92. The molecule has 1 heterocycles. The highest BCUT2D eigenvalue weighted by atomic mass is 35.5. The molecule has 0 saturated carbocycles. The summed E-state index contributed by atoms with van der Waals surface area (Å²) in [5.74, 6) is 0.426. The zero-order chi connectivity index (χ0) is 18.2. The fraction of sp³-hybridized carbons (Fsp3) is 0.375. The molecule has 25 heavy (non-hydrogen) atoms. The molecule has 0 saturated heterocycles. The number of likely N-dealkylation sites (N-methyl/N-ethyl adjacent to an activating group) is 1. The minimum Gasteiger partial charge on any atom is -0.355 e. The van der Waals surface area contributed by atoms with Crippen LogP contribution in [0.4, 0.5) is 0 Å². The molecular formula is C16H20ClN5O2S. The van der Waals surface area contributed by atoms with Crippen LogP contribution in [0.3, 0.4) is 0 Å². The second-order valence-electron chi connectivity index (χ2n) is 5.08. The number of amides is 2. The molecule has 0 fully saturated rings. The summed E-state index contributed by atoms with van der Waals surface area (Å²) in [5, 5.41) is 14.8. The number of nitrogens with one attached hydrogen (secondary N) is 2. The Morgan fingerprint density at radius 3 is 2.68 bits per heavy atom. The number of benzene rings is 1. The molecule has 9 heteroatoms. The van der Waals surface area contributed by atoms with Crippen LogP contribution in [-0.2, 0) is 16.1 Å². The van der Waals surface area contributed by atoms with Crippen LogP contribution >= 0.6 is 23.4 Å². The number of hydrogen-bond donors (Lipinski definition) is 2. The van der Waals surface area contributed by atoms with E-state index in [2.05, 4.69) is 20.8 Å². The van der Waals surface area contributed by atoms with Gasteiger partial charge in [-0.1, -0.05) is 35.5 Å². The molecule has 0 bridgehead atoms. The van der Waals surface area contributed by atoms with E-state index < -0.39 is 0 Å². The van der Waals surface area contributed by atoms with Gasteiger partial charge in [0.2, 0.25) is 11.8 Å². The lowest BCUT2D eigenvalue weighted by atomic mass is 10.2. The second kappa shape index (κ2) is 9.43. The maximum absolute atomic E-state index is 11.9. The van der Waals surface area contributed by atoms with Crippen molar-refractivity contribution in [3.63, 3.8) is 0 Å². The van der Waals surface area contributed by atoms with Gasteiger partial charge in [-0.15, -0.1) is 10.2 Å². The van der Waals surface area contributed by atoms with Gasteiger partial charge in [-0.2, -0.15) is 0 Å². The first-order valence-electron chi connectivity index (χ1n) is 7.90. The summed E-state index contributed by atoms with van der Waals surface area (Å²) in [5.41, 5.74) is 0.870. The van der Waals surface area contributed by atoms with Gasteiger partial charge in [0, 0.05) is 23.7 Å². The van der Waals surface area contributed by atoms with Crippen molar-refractivity contribution >= 4 is 35.2 Å². The third-order valence-electron chi connectivity index (χ3n) is 3.27. The molecule has 0 radical (unpaired) electrons.